The molecule has 0 saturated carbocycles. The number of rotatable bonds is 6. The number of thioether (sulfide) groups is 1. The summed E-state index contributed by atoms with van der Waals surface area (Å²) in [4.78, 5) is 13.8. The van der Waals surface area contributed by atoms with Gasteiger partial charge in [0.15, 0.2) is 5.76 Å². The fourth-order valence-corrected chi connectivity index (χ4v) is 3.97. The molecule has 0 bridgehead atoms. The normalized spacial score (nSPS) is 14.3. The van der Waals surface area contributed by atoms with Crippen molar-refractivity contribution in [2.45, 2.75) is 10.6 Å². The van der Waals surface area contributed by atoms with E-state index in [-0.39, 0.29) is 5.91 Å². The monoisotopic (exact) mass is 386 g/mol. The van der Waals surface area contributed by atoms with E-state index in [2.05, 4.69) is 10.6 Å². The van der Waals surface area contributed by atoms with Crippen molar-refractivity contribution in [3.8, 4) is 0 Å². The molecule has 2 N–H and O–H groups in total. The average Bonchev–Trinajstić information content (AvgIpc) is 2.98. The van der Waals surface area contributed by atoms with Crippen molar-refractivity contribution in [3.63, 3.8) is 0 Å². The highest BCUT2D eigenvalue weighted by atomic mass is 35.5. The Kier molecular flexibility index (Phi) is 5.20. The van der Waals surface area contributed by atoms with Crippen LogP contribution >= 0.6 is 23.4 Å². The van der Waals surface area contributed by atoms with E-state index >= 15 is 0 Å². The second-order valence-electron chi connectivity index (χ2n) is 6.38. The zero-order chi connectivity index (χ0) is 17.9. The van der Waals surface area contributed by atoms with Gasteiger partial charge in [0.1, 0.15) is 5.58 Å². The summed E-state index contributed by atoms with van der Waals surface area (Å²) in [5.74, 6) is 1.45. The Morgan fingerprint density at radius 1 is 1.19 bits per heavy atom. The lowest BCUT2D eigenvalue weighted by Gasteiger charge is -2.26. The first-order valence-electron chi connectivity index (χ1n) is 8.58. The molecule has 1 aromatic heterocycles. The fourth-order valence-electron chi connectivity index (χ4n) is 2.92. The second-order valence-corrected chi connectivity index (χ2v) is 7.87. The topological polar surface area (TPSA) is 54.3 Å². The molecule has 4 rings (SSSR count). The van der Waals surface area contributed by atoms with Crippen LogP contribution in [0.3, 0.4) is 0 Å². The van der Waals surface area contributed by atoms with E-state index in [1.54, 1.807) is 11.8 Å². The molecule has 26 heavy (non-hydrogen) atoms. The first-order chi connectivity index (χ1) is 12.7. The Labute approximate surface area is 161 Å². The van der Waals surface area contributed by atoms with Crippen molar-refractivity contribution >= 4 is 40.2 Å². The van der Waals surface area contributed by atoms with Crippen molar-refractivity contribution < 1.29 is 9.21 Å². The van der Waals surface area contributed by atoms with E-state index in [0.29, 0.717) is 29.0 Å². The van der Waals surface area contributed by atoms with E-state index in [4.69, 9.17) is 16.0 Å². The van der Waals surface area contributed by atoms with Gasteiger partial charge in [-0.2, -0.15) is 0 Å². The van der Waals surface area contributed by atoms with Crippen LogP contribution in [0.25, 0.3) is 11.0 Å². The van der Waals surface area contributed by atoms with Crippen LogP contribution in [0.15, 0.2) is 57.8 Å². The zero-order valence-electron chi connectivity index (χ0n) is 14.1. The number of halogens is 1. The minimum absolute atomic E-state index is 0.139. The molecule has 0 atom stereocenters. The largest absolute Gasteiger partial charge is 0.451 e. The van der Waals surface area contributed by atoms with Crippen LogP contribution in [0.4, 0.5) is 0 Å². The smallest absolute Gasteiger partial charge is 0.287 e. The first-order valence-corrected chi connectivity index (χ1v) is 9.95. The Morgan fingerprint density at radius 3 is 2.69 bits per heavy atom. The summed E-state index contributed by atoms with van der Waals surface area (Å²) in [6.45, 7) is 2.59. The van der Waals surface area contributed by atoms with E-state index in [1.807, 2.05) is 48.5 Å². The van der Waals surface area contributed by atoms with E-state index in [0.717, 1.165) is 34.5 Å². The maximum absolute atomic E-state index is 12.7. The fraction of sp³-hybridized carbons (Fsp3) is 0.250. The van der Waals surface area contributed by atoms with Crippen LogP contribution in [-0.2, 0) is 5.75 Å². The minimum atomic E-state index is -0.139. The van der Waals surface area contributed by atoms with Crippen LogP contribution in [0, 0.1) is 5.92 Å². The lowest BCUT2D eigenvalue weighted by Crippen LogP contribution is -2.48. The first kappa shape index (κ1) is 17.5. The summed E-state index contributed by atoms with van der Waals surface area (Å²) in [6, 6.07) is 15.5. The molecule has 0 aliphatic carbocycles. The quantitative estimate of drug-likeness (QED) is 0.619. The van der Waals surface area contributed by atoms with Gasteiger partial charge in [0.2, 0.25) is 0 Å². The molecule has 1 aliphatic rings. The molecule has 1 fully saturated rings. The van der Waals surface area contributed by atoms with Crippen molar-refractivity contribution in [2.75, 3.05) is 19.6 Å². The number of furan rings is 1. The number of hydrogen-bond donors (Lipinski definition) is 2. The summed E-state index contributed by atoms with van der Waals surface area (Å²) in [5, 5.41) is 7.93. The van der Waals surface area contributed by atoms with Crippen LogP contribution in [0.2, 0.25) is 5.02 Å². The molecule has 0 radical (unpaired) electrons. The van der Waals surface area contributed by atoms with Crippen molar-refractivity contribution in [3.05, 3.63) is 64.9 Å². The Balaban J connectivity index is 1.56. The van der Waals surface area contributed by atoms with Gasteiger partial charge in [0.05, 0.1) is 0 Å². The van der Waals surface area contributed by atoms with Crippen LogP contribution in [0.5, 0.6) is 0 Å². The SMILES string of the molecule is O=C(NCC1CNC1)c1oc2ccccc2c1CSc1ccc(Cl)cc1. The Morgan fingerprint density at radius 2 is 1.96 bits per heavy atom. The maximum Gasteiger partial charge on any atom is 0.287 e. The van der Waals surface area contributed by atoms with E-state index in [9.17, 15) is 4.79 Å². The summed E-state index contributed by atoms with van der Waals surface area (Å²) in [5.41, 5.74) is 1.68. The molecular formula is C20H19ClN2O2S. The molecule has 134 valence electrons. The predicted octanol–water partition coefficient (Wildman–Crippen LogP) is 4.33. The molecule has 2 heterocycles. The molecule has 1 aliphatic heterocycles. The third-order valence-electron chi connectivity index (χ3n) is 4.52. The molecule has 3 aromatic rings. The molecule has 0 spiro atoms. The number of para-hydroxylation sites is 1. The Bertz CT molecular complexity index is 919. The number of nitrogens with one attached hydrogen (secondary N) is 2. The predicted molar refractivity (Wildman–Crippen MR) is 106 cm³/mol. The number of benzene rings is 2. The second kappa shape index (κ2) is 7.74. The number of amides is 1. The van der Waals surface area contributed by atoms with Gasteiger partial charge in [-0.05, 0) is 30.3 Å². The van der Waals surface area contributed by atoms with E-state index in [1.165, 1.54) is 0 Å². The van der Waals surface area contributed by atoms with Crippen molar-refractivity contribution in [2.24, 2.45) is 5.92 Å². The summed E-state index contributed by atoms with van der Waals surface area (Å²) >= 11 is 7.62. The van der Waals surface area contributed by atoms with Gasteiger partial charge in [0.25, 0.3) is 5.91 Å². The number of hydrogen-bond acceptors (Lipinski definition) is 4. The highest BCUT2D eigenvalue weighted by Crippen LogP contribution is 2.32. The highest BCUT2D eigenvalue weighted by Gasteiger charge is 2.23. The van der Waals surface area contributed by atoms with Crippen LogP contribution in [-0.4, -0.2) is 25.5 Å². The standard InChI is InChI=1S/C20H19ClN2O2S/c21-14-5-7-15(8-6-14)26-12-17-16-3-1-2-4-18(16)25-19(17)20(24)23-11-13-9-22-10-13/h1-8,13,22H,9-12H2,(H,23,24). The number of fused-ring (bicyclic) bond motifs is 1. The van der Waals surface area contributed by atoms with E-state index < -0.39 is 0 Å². The van der Waals surface area contributed by atoms with Crippen LogP contribution in [0.1, 0.15) is 16.1 Å². The summed E-state index contributed by atoms with van der Waals surface area (Å²) in [6.07, 6.45) is 0. The maximum atomic E-state index is 12.7. The number of carbonyl (C=O) groups excluding carboxylic acids is 1. The van der Waals surface area contributed by atoms with Gasteiger partial charge in [-0.15, -0.1) is 11.8 Å². The van der Waals surface area contributed by atoms with Gasteiger partial charge in [-0.3, -0.25) is 4.79 Å². The average molecular weight is 387 g/mol. The molecule has 2 aromatic carbocycles. The van der Waals surface area contributed by atoms with Gasteiger partial charge in [-0.1, -0.05) is 29.8 Å². The van der Waals surface area contributed by atoms with Gasteiger partial charge >= 0.3 is 0 Å². The van der Waals surface area contributed by atoms with Gasteiger partial charge in [0, 0.05) is 52.2 Å². The van der Waals surface area contributed by atoms with Gasteiger partial charge < -0.3 is 15.1 Å². The minimum Gasteiger partial charge on any atom is -0.451 e. The molecule has 4 nitrogen and oxygen atoms in total. The summed E-state index contributed by atoms with van der Waals surface area (Å²) < 4.78 is 5.89. The lowest BCUT2D eigenvalue weighted by molar-refractivity contribution is 0.0915. The molecule has 0 unspecified atom stereocenters. The number of carbonyl (C=O) groups is 1. The van der Waals surface area contributed by atoms with Crippen molar-refractivity contribution in [1.29, 1.82) is 0 Å². The van der Waals surface area contributed by atoms with Crippen LogP contribution < -0.4 is 10.6 Å². The lowest BCUT2D eigenvalue weighted by atomic mass is 10.0. The van der Waals surface area contributed by atoms with Crippen molar-refractivity contribution in [1.82, 2.24) is 10.6 Å². The molecule has 6 heteroatoms. The molecule has 1 amide bonds. The third kappa shape index (κ3) is 3.75. The summed E-state index contributed by atoms with van der Waals surface area (Å²) in [7, 11) is 0. The molecule has 1 saturated heterocycles. The Hall–Kier alpha value is -1.95. The van der Waals surface area contributed by atoms with Gasteiger partial charge in [-0.25, -0.2) is 0 Å². The highest BCUT2D eigenvalue weighted by molar-refractivity contribution is 7.98. The zero-order valence-corrected chi connectivity index (χ0v) is 15.7. The third-order valence-corrected chi connectivity index (χ3v) is 5.81. The molecular weight excluding hydrogens is 368 g/mol.